The molecule has 1 heterocycles. The van der Waals surface area contributed by atoms with Gasteiger partial charge in [-0.3, -0.25) is 0 Å². The topological polar surface area (TPSA) is 62.8 Å². The van der Waals surface area contributed by atoms with Crippen LogP contribution in [0.25, 0.3) is 43.8 Å². The minimum absolute atomic E-state index is 0.184. The molecule has 4 aromatic carbocycles. The summed E-state index contributed by atoms with van der Waals surface area (Å²) in [5, 5.41) is 23.0. The minimum atomic E-state index is -0.441. The fourth-order valence-corrected chi connectivity index (χ4v) is 3.69. The molecule has 5 rings (SSSR count). The summed E-state index contributed by atoms with van der Waals surface area (Å²) in [5.41, 5.74) is 2.65. The zero-order valence-electron chi connectivity index (χ0n) is 14.9. The summed E-state index contributed by atoms with van der Waals surface area (Å²) in [6, 6.07) is 17.3. The molecule has 0 radical (unpaired) electrons. The van der Waals surface area contributed by atoms with Gasteiger partial charge in [-0.05, 0) is 40.8 Å². The van der Waals surface area contributed by atoms with Crippen LogP contribution in [0.1, 0.15) is 0 Å². The molecule has 0 saturated carbocycles. The first-order valence-electron chi connectivity index (χ1n) is 8.70. The van der Waals surface area contributed by atoms with Crippen LogP contribution in [0.4, 0.5) is 4.39 Å². The van der Waals surface area contributed by atoms with Gasteiger partial charge in [0.2, 0.25) is 0 Å². The summed E-state index contributed by atoms with van der Waals surface area (Å²) in [6.45, 7) is 0. The molecule has 0 saturated heterocycles. The fraction of sp³-hybridized carbons (Fsp3) is 0.0435. The maximum absolute atomic E-state index is 14.3. The van der Waals surface area contributed by atoms with Crippen LogP contribution in [0, 0.1) is 5.82 Å². The van der Waals surface area contributed by atoms with Crippen molar-refractivity contribution in [2.24, 2.45) is 0 Å². The van der Waals surface area contributed by atoms with Crippen LogP contribution in [0.3, 0.4) is 0 Å². The fourth-order valence-electron chi connectivity index (χ4n) is 3.69. The highest BCUT2D eigenvalue weighted by atomic mass is 19.1. The zero-order valence-corrected chi connectivity index (χ0v) is 14.9. The van der Waals surface area contributed by atoms with Crippen LogP contribution < -0.4 is 4.74 Å². The van der Waals surface area contributed by atoms with Gasteiger partial charge in [-0.2, -0.15) is 0 Å². The van der Waals surface area contributed by atoms with E-state index in [0.29, 0.717) is 22.1 Å². The highest BCUT2D eigenvalue weighted by molar-refractivity contribution is 6.19. The Morgan fingerprint density at radius 1 is 0.821 bits per heavy atom. The van der Waals surface area contributed by atoms with Crippen LogP contribution in [0.2, 0.25) is 0 Å². The predicted octanol–water partition coefficient (Wildman–Crippen LogP) is 5.97. The van der Waals surface area contributed by atoms with Crippen molar-refractivity contribution in [3.05, 3.63) is 66.5 Å². The van der Waals surface area contributed by atoms with Crippen molar-refractivity contribution < 1.29 is 23.8 Å². The van der Waals surface area contributed by atoms with Gasteiger partial charge in [0, 0.05) is 22.2 Å². The molecule has 2 N–H and O–H groups in total. The van der Waals surface area contributed by atoms with Crippen molar-refractivity contribution in [3.8, 4) is 28.4 Å². The molecule has 0 fully saturated rings. The number of aromatic hydroxyl groups is 2. The number of ether oxygens (including phenoxy) is 1. The maximum Gasteiger partial charge on any atom is 0.165 e. The van der Waals surface area contributed by atoms with Crippen LogP contribution in [0.5, 0.6) is 17.2 Å². The van der Waals surface area contributed by atoms with E-state index in [1.807, 2.05) is 30.3 Å². The van der Waals surface area contributed by atoms with Crippen LogP contribution >= 0.6 is 0 Å². The van der Waals surface area contributed by atoms with E-state index in [-0.39, 0.29) is 17.2 Å². The lowest BCUT2D eigenvalue weighted by Gasteiger charge is -2.10. The van der Waals surface area contributed by atoms with E-state index in [1.54, 1.807) is 12.1 Å². The number of hydrogen-bond donors (Lipinski definition) is 2. The molecule has 0 atom stereocenters. The third kappa shape index (κ3) is 2.29. The van der Waals surface area contributed by atoms with Crippen LogP contribution in [-0.4, -0.2) is 17.3 Å². The second-order valence-corrected chi connectivity index (χ2v) is 6.63. The van der Waals surface area contributed by atoms with Gasteiger partial charge in [0.1, 0.15) is 11.2 Å². The van der Waals surface area contributed by atoms with Gasteiger partial charge in [-0.1, -0.05) is 30.3 Å². The average molecular weight is 374 g/mol. The molecule has 5 aromatic rings. The number of fused-ring (bicyclic) bond motifs is 5. The number of phenols is 2. The van der Waals surface area contributed by atoms with E-state index >= 15 is 0 Å². The van der Waals surface area contributed by atoms with Crippen molar-refractivity contribution in [2.45, 2.75) is 0 Å². The van der Waals surface area contributed by atoms with Crippen LogP contribution in [-0.2, 0) is 0 Å². The quantitative estimate of drug-likeness (QED) is 0.374. The molecule has 1 aromatic heterocycles. The van der Waals surface area contributed by atoms with Gasteiger partial charge in [0.25, 0.3) is 0 Å². The van der Waals surface area contributed by atoms with Gasteiger partial charge in [0.15, 0.2) is 23.1 Å². The standard InChI is InChI=1S/C23H15FO4/c1-27-21-7-6-12(8-18(21)24)15-9-17-16-10-19(25)20(26)11-22(16)28-23(17)14-5-3-2-4-13(14)15/h2-11,25-26H,1H3. The Labute approximate surface area is 159 Å². The highest BCUT2D eigenvalue weighted by Gasteiger charge is 2.17. The minimum Gasteiger partial charge on any atom is -0.504 e. The molecule has 0 aliphatic carbocycles. The first-order valence-corrected chi connectivity index (χ1v) is 8.70. The molecule has 0 unspecified atom stereocenters. The normalized spacial score (nSPS) is 11.5. The van der Waals surface area contributed by atoms with Gasteiger partial charge < -0.3 is 19.4 Å². The lowest BCUT2D eigenvalue weighted by molar-refractivity contribution is 0.386. The van der Waals surface area contributed by atoms with E-state index in [1.165, 1.54) is 25.3 Å². The third-order valence-corrected chi connectivity index (χ3v) is 5.04. The number of phenolic OH excluding ortho intramolecular Hbond substituents is 2. The average Bonchev–Trinajstić information content (AvgIpc) is 3.05. The lowest BCUT2D eigenvalue weighted by Crippen LogP contribution is -1.89. The number of hydrogen-bond acceptors (Lipinski definition) is 4. The Hall–Kier alpha value is -3.73. The summed E-state index contributed by atoms with van der Waals surface area (Å²) >= 11 is 0. The van der Waals surface area contributed by atoms with E-state index < -0.39 is 5.82 Å². The summed E-state index contributed by atoms with van der Waals surface area (Å²) in [6.07, 6.45) is 0. The van der Waals surface area contributed by atoms with Crippen molar-refractivity contribution in [2.75, 3.05) is 7.11 Å². The third-order valence-electron chi connectivity index (χ3n) is 5.04. The van der Waals surface area contributed by atoms with Crippen molar-refractivity contribution in [1.29, 1.82) is 0 Å². The van der Waals surface area contributed by atoms with Crippen molar-refractivity contribution in [3.63, 3.8) is 0 Å². The molecule has 4 nitrogen and oxygen atoms in total. The van der Waals surface area contributed by atoms with E-state index in [2.05, 4.69) is 0 Å². The molecule has 138 valence electrons. The van der Waals surface area contributed by atoms with Gasteiger partial charge in [0.05, 0.1) is 7.11 Å². The van der Waals surface area contributed by atoms with Gasteiger partial charge in [-0.15, -0.1) is 0 Å². The smallest absolute Gasteiger partial charge is 0.165 e. The Bertz CT molecular complexity index is 1380. The molecular weight excluding hydrogens is 359 g/mol. The number of halogens is 1. The Balaban J connectivity index is 1.91. The van der Waals surface area contributed by atoms with Gasteiger partial charge >= 0.3 is 0 Å². The Kier molecular flexibility index (Phi) is 3.46. The molecule has 0 bridgehead atoms. The van der Waals surface area contributed by atoms with E-state index in [0.717, 1.165) is 21.7 Å². The molecule has 0 aliphatic rings. The summed E-state index contributed by atoms with van der Waals surface area (Å²) in [4.78, 5) is 0. The predicted molar refractivity (Wildman–Crippen MR) is 107 cm³/mol. The second kappa shape index (κ2) is 5.89. The molecule has 0 amide bonds. The maximum atomic E-state index is 14.3. The summed E-state index contributed by atoms with van der Waals surface area (Å²) in [5.74, 6) is -0.721. The number of furan rings is 1. The highest BCUT2D eigenvalue weighted by Crippen LogP contribution is 2.42. The number of methoxy groups -OCH3 is 1. The van der Waals surface area contributed by atoms with E-state index in [9.17, 15) is 14.6 Å². The molecule has 5 heteroatoms. The molecule has 0 aliphatic heterocycles. The van der Waals surface area contributed by atoms with Crippen molar-refractivity contribution >= 4 is 32.7 Å². The molecule has 28 heavy (non-hydrogen) atoms. The Morgan fingerprint density at radius 3 is 2.32 bits per heavy atom. The number of rotatable bonds is 2. The SMILES string of the molecule is COc1ccc(-c2cc3c4cc(O)c(O)cc4oc3c3ccccc23)cc1F. The summed E-state index contributed by atoms with van der Waals surface area (Å²) < 4.78 is 25.3. The first kappa shape index (κ1) is 16.4. The first-order chi connectivity index (χ1) is 13.6. The second-order valence-electron chi connectivity index (χ2n) is 6.63. The monoisotopic (exact) mass is 374 g/mol. The molecule has 0 spiro atoms. The zero-order chi connectivity index (χ0) is 19.4. The largest absolute Gasteiger partial charge is 0.504 e. The van der Waals surface area contributed by atoms with Gasteiger partial charge in [-0.25, -0.2) is 4.39 Å². The summed E-state index contributed by atoms with van der Waals surface area (Å²) in [7, 11) is 1.43. The Morgan fingerprint density at radius 2 is 1.57 bits per heavy atom. The van der Waals surface area contributed by atoms with Crippen molar-refractivity contribution in [1.82, 2.24) is 0 Å². The number of benzene rings is 4. The lowest BCUT2D eigenvalue weighted by atomic mass is 9.95. The van der Waals surface area contributed by atoms with Crippen LogP contribution in [0.15, 0.2) is 65.1 Å². The molecular formula is C23H15FO4. The van der Waals surface area contributed by atoms with E-state index in [4.69, 9.17) is 9.15 Å².